The van der Waals surface area contributed by atoms with Crippen LogP contribution in [0.3, 0.4) is 0 Å². The Morgan fingerprint density at radius 1 is 1.04 bits per heavy atom. The van der Waals surface area contributed by atoms with Crippen LogP contribution < -0.4 is 4.72 Å². The normalized spacial score (nSPS) is 12.4. The van der Waals surface area contributed by atoms with Crippen molar-refractivity contribution >= 4 is 21.9 Å². The van der Waals surface area contributed by atoms with E-state index in [2.05, 4.69) is 9.82 Å². The zero-order valence-corrected chi connectivity index (χ0v) is 15.2. The van der Waals surface area contributed by atoms with Gasteiger partial charge in [-0.15, -0.1) is 0 Å². The van der Waals surface area contributed by atoms with E-state index in [1.165, 1.54) is 12.1 Å². The number of halogens is 1. The van der Waals surface area contributed by atoms with E-state index in [0.717, 1.165) is 22.0 Å². The van der Waals surface area contributed by atoms with Crippen LogP contribution in [0.2, 0.25) is 0 Å². The predicted molar refractivity (Wildman–Crippen MR) is 104 cm³/mol. The summed E-state index contributed by atoms with van der Waals surface area (Å²) in [6.45, 7) is 0. The van der Waals surface area contributed by atoms with Gasteiger partial charge in [0.05, 0.1) is 22.3 Å². The number of phenols is 1. The second kappa shape index (κ2) is 6.94. The summed E-state index contributed by atoms with van der Waals surface area (Å²) >= 11 is 0. The van der Waals surface area contributed by atoms with Crippen LogP contribution in [0.25, 0.3) is 27.7 Å². The van der Waals surface area contributed by atoms with Crippen LogP contribution in [0.4, 0.5) is 4.39 Å². The summed E-state index contributed by atoms with van der Waals surface area (Å²) in [5, 5.41) is 14.9. The van der Waals surface area contributed by atoms with Gasteiger partial charge in [0.25, 0.3) is 0 Å². The Labute approximate surface area is 157 Å². The highest BCUT2D eigenvalue weighted by molar-refractivity contribution is 7.83. The molecule has 7 heteroatoms. The molecule has 2 N–H and O–H groups in total. The summed E-state index contributed by atoms with van der Waals surface area (Å²) < 4.78 is 29.4. The summed E-state index contributed by atoms with van der Waals surface area (Å²) in [6, 6.07) is 17.5. The van der Waals surface area contributed by atoms with Crippen molar-refractivity contribution in [3.8, 4) is 22.6 Å². The third-order valence-electron chi connectivity index (χ3n) is 4.33. The van der Waals surface area contributed by atoms with Crippen LogP contribution in [0.15, 0.2) is 71.8 Å². The molecule has 0 aliphatic heterocycles. The first-order chi connectivity index (χ1) is 13.1. The quantitative estimate of drug-likeness (QED) is 0.565. The van der Waals surface area contributed by atoms with E-state index in [0.29, 0.717) is 10.6 Å². The second-order valence-corrected chi connectivity index (χ2v) is 7.38. The summed E-state index contributed by atoms with van der Waals surface area (Å²) in [5.74, 6) is -1.08. The van der Waals surface area contributed by atoms with Crippen molar-refractivity contribution < 1.29 is 13.7 Å². The minimum Gasteiger partial charge on any atom is -0.505 e. The molecule has 0 saturated carbocycles. The molecule has 0 aliphatic rings. The van der Waals surface area contributed by atoms with Gasteiger partial charge in [-0.25, -0.2) is 18.0 Å². The van der Waals surface area contributed by atoms with Gasteiger partial charge in [-0.3, -0.25) is 0 Å². The molecule has 0 aliphatic carbocycles. The van der Waals surface area contributed by atoms with E-state index in [1.807, 2.05) is 42.5 Å². The first kappa shape index (κ1) is 17.4. The molecule has 1 heterocycles. The maximum Gasteiger partial charge on any atom is 0.164 e. The number of rotatable bonds is 4. The monoisotopic (exact) mass is 381 g/mol. The fourth-order valence-electron chi connectivity index (χ4n) is 2.94. The van der Waals surface area contributed by atoms with E-state index < -0.39 is 22.6 Å². The number of nitrogens with one attached hydrogen (secondary N) is 1. The SMILES string of the molecule is CNS(=O)c1ccc(-c2ccc3c(cnn3-c3ccc(F)c(O)c3)c2)cc1. The van der Waals surface area contributed by atoms with Crippen molar-refractivity contribution in [2.45, 2.75) is 4.90 Å². The molecular weight excluding hydrogens is 365 g/mol. The van der Waals surface area contributed by atoms with Crippen LogP contribution in [0.5, 0.6) is 5.75 Å². The Bertz CT molecular complexity index is 1160. The van der Waals surface area contributed by atoms with Crippen LogP contribution in [0, 0.1) is 5.82 Å². The van der Waals surface area contributed by atoms with E-state index >= 15 is 0 Å². The molecule has 1 unspecified atom stereocenters. The third-order valence-corrected chi connectivity index (χ3v) is 5.40. The van der Waals surface area contributed by atoms with Crippen LogP contribution in [-0.2, 0) is 11.0 Å². The number of phenolic OH excluding ortho intramolecular Hbond substituents is 1. The Balaban J connectivity index is 1.72. The smallest absolute Gasteiger partial charge is 0.164 e. The Morgan fingerprint density at radius 3 is 2.48 bits per heavy atom. The molecule has 1 aromatic heterocycles. The number of aromatic hydroxyl groups is 1. The molecule has 5 nitrogen and oxygen atoms in total. The lowest BCUT2D eigenvalue weighted by Crippen LogP contribution is -2.10. The van der Waals surface area contributed by atoms with Gasteiger partial charge in [0.2, 0.25) is 0 Å². The second-order valence-electron chi connectivity index (χ2n) is 5.96. The molecule has 0 spiro atoms. The average Bonchev–Trinajstić information content (AvgIpc) is 3.13. The molecule has 136 valence electrons. The number of benzene rings is 3. The van der Waals surface area contributed by atoms with Gasteiger partial charge in [-0.1, -0.05) is 18.2 Å². The predicted octanol–water partition coefficient (Wildman–Crippen LogP) is 3.78. The molecule has 3 aromatic carbocycles. The molecular formula is C20H16FN3O2S. The third kappa shape index (κ3) is 3.22. The molecule has 0 saturated heterocycles. The number of fused-ring (bicyclic) bond motifs is 1. The molecule has 0 radical (unpaired) electrons. The fourth-order valence-corrected chi connectivity index (χ4v) is 3.56. The minimum absolute atomic E-state index is 0.410. The van der Waals surface area contributed by atoms with E-state index in [4.69, 9.17) is 0 Å². The highest BCUT2D eigenvalue weighted by Crippen LogP contribution is 2.27. The molecule has 0 fully saturated rings. The van der Waals surface area contributed by atoms with Gasteiger partial charge in [0.1, 0.15) is 11.0 Å². The van der Waals surface area contributed by atoms with E-state index in [-0.39, 0.29) is 0 Å². The molecule has 1 atom stereocenters. The number of aromatic nitrogens is 2. The molecule has 27 heavy (non-hydrogen) atoms. The summed E-state index contributed by atoms with van der Waals surface area (Å²) in [7, 11) is 0.440. The van der Waals surface area contributed by atoms with Crippen molar-refractivity contribution in [1.29, 1.82) is 0 Å². The Kier molecular flexibility index (Phi) is 4.47. The minimum atomic E-state index is -1.21. The lowest BCUT2D eigenvalue weighted by molar-refractivity contribution is 0.432. The van der Waals surface area contributed by atoms with Gasteiger partial charge >= 0.3 is 0 Å². The van der Waals surface area contributed by atoms with E-state index in [9.17, 15) is 13.7 Å². The van der Waals surface area contributed by atoms with Gasteiger partial charge in [-0.2, -0.15) is 5.10 Å². The zero-order valence-electron chi connectivity index (χ0n) is 14.4. The Morgan fingerprint density at radius 2 is 1.78 bits per heavy atom. The molecule has 0 bridgehead atoms. The zero-order chi connectivity index (χ0) is 19.0. The molecule has 0 amide bonds. The standard InChI is InChI=1S/C20H16FN3O2S/c1-22-27(26)17-6-2-13(3-7-17)14-4-9-19-15(10-14)12-23-24(19)16-5-8-18(21)20(25)11-16/h2-12,22,25H,1H3. The summed E-state index contributed by atoms with van der Waals surface area (Å²) in [5.41, 5.74) is 3.43. The highest BCUT2D eigenvalue weighted by atomic mass is 32.2. The topological polar surface area (TPSA) is 67.2 Å². The average molecular weight is 381 g/mol. The maximum absolute atomic E-state index is 13.3. The van der Waals surface area contributed by atoms with Crippen molar-refractivity contribution in [3.63, 3.8) is 0 Å². The number of hydrogen-bond donors (Lipinski definition) is 2. The largest absolute Gasteiger partial charge is 0.505 e. The van der Waals surface area contributed by atoms with Crippen LogP contribution in [0.1, 0.15) is 0 Å². The van der Waals surface area contributed by atoms with Crippen molar-refractivity contribution in [1.82, 2.24) is 14.5 Å². The Hall–Kier alpha value is -3.03. The fraction of sp³-hybridized carbons (Fsp3) is 0.0500. The molecule has 4 rings (SSSR count). The van der Waals surface area contributed by atoms with Gasteiger partial charge in [-0.05, 0) is 54.6 Å². The first-order valence-electron chi connectivity index (χ1n) is 8.23. The highest BCUT2D eigenvalue weighted by Gasteiger charge is 2.09. The van der Waals surface area contributed by atoms with Gasteiger partial charge < -0.3 is 5.11 Å². The van der Waals surface area contributed by atoms with Crippen molar-refractivity contribution in [2.75, 3.05) is 7.05 Å². The van der Waals surface area contributed by atoms with Crippen molar-refractivity contribution in [2.24, 2.45) is 0 Å². The number of nitrogens with zero attached hydrogens (tertiary/aromatic N) is 2. The van der Waals surface area contributed by atoms with Crippen LogP contribution >= 0.6 is 0 Å². The maximum atomic E-state index is 13.3. The van der Waals surface area contributed by atoms with Gasteiger partial charge in [0.15, 0.2) is 11.6 Å². The molecule has 4 aromatic rings. The number of hydrogen-bond acceptors (Lipinski definition) is 3. The lowest BCUT2D eigenvalue weighted by Gasteiger charge is -2.07. The first-order valence-corrected chi connectivity index (χ1v) is 9.38. The van der Waals surface area contributed by atoms with E-state index in [1.54, 1.807) is 24.0 Å². The van der Waals surface area contributed by atoms with Crippen molar-refractivity contribution in [3.05, 3.63) is 72.7 Å². The summed E-state index contributed by atoms with van der Waals surface area (Å²) in [6.07, 6.45) is 1.73. The lowest BCUT2D eigenvalue weighted by atomic mass is 10.0. The summed E-state index contributed by atoms with van der Waals surface area (Å²) in [4.78, 5) is 0.714. The van der Waals surface area contributed by atoms with Crippen LogP contribution in [-0.4, -0.2) is 26.1 Å². The van der Waals surface area contributed by atoms with Gasteiger partial charge in [0, 0.05) is 11.5 Å².